The number of nitrogens with zero attached hydrogens (tertiary/aromatic N) is 1. The van der Waals surface area contributed by atoms with Crippen molar-refractivity contribution in [3.63, 3.8) is 0 Å². The maximum atomic E-state index is 10.0. The highest BCUT2D eigenvalue weighted by Crippen LogP contribution is 2.15. The molecule has 0 aromatic carbocycles. The van der Waals surface area contributed by atoms with Gasteiger partial charge in [0.05, 0.1) is 0 Å². The van der Waals surface area contributed by atoms with E-state index in [1.54, 1.807) is 0 Å². The van der Waals surface area contributed by atoms with Gasteiger partial charge in [-0.3, -0.25) is 0 Å². The molecule has 1 rings (SSSR count). The number of hydrogen-bond acceptors (Lipinski definition) is 4. The van der Waals surface area contributed by atoms with Gasteiger partial charge in [-0.1, -0.05) is 11.3 Å². The maximum Gasteiger partial charge on any atom is 0.328 e. The van der Waals surface area contributed by atoms with E-state index in [2.05, 4.69) is 4.98 Å². The van der Waals surface area contributed by atoms with Gasteiger partial charge in [-0.2, -0.15) is 0 Å². The van der Waals surface area contributed by atoms with Crippen molar-refractivity contribution in [2.45, 2.75) is 0 Å². The second kappa shape index (κ2) is 3.16. The van der Waals surface area contributed by atoms with E-state index in [9.17, 15) is 4.79 Å². The average Bonchev–Trinajstić information content (AvgIpc) is 2.31. The summed E-state index contributed by atoms with van der Waals surface area (Å²) in [4.78, 5) is 14.5. The third-order valence-electron chi connectivity index (χ3n) is 0.932. The fourth-order valence-electron chi connectivity index (χ4n) is 0.531. The van der Waals surface area contributed by atoms with Crippen LogP contribution >= 0.6 is 11.3 Å². The van der Waals surface area contributed by atoms with Gasteiger partial charge in [0.2, 0.25) is 0 Å². The van der Waals surface area contributed by atoms with Crippen LogP contribution in [0.1, 0.15) is 4.88 Å². The Hall–Kier alpha value is -1.36. The number of nitrogens with two attached hydrogens (primary N) is 1. The summed E-state index contributed by atoms with van der Waals surface area (Å²) in [6.45, 7) is 0. The molecule has 0 aliphatic heterocycles. The zero-order valence-corrected chi connectivity index (χ0v) is 6.34. The van der Waals surface area contributed by atoms with Crippen molar-refractivity contribution in [1.29, 1.82) is 0 Å². The van der Waals surface area contributed by atoms with Crippen molar-refractivity contribution in [1.82, 2.24) is 4.98 Å². The van der Waals surface area contributed by atoms with E-state index in [4.69, 9.17) is 10.8 Å². The summed E-state index contributed by atoms with van der Waals surface area (Å²) in [6.07, 6.45) is 4.03. The Morgan fingerprint density at radius 2 is 2.55 bits per heavy atom. The second-order valence-electron chi connectivity index (χ2n) is 1.77. The molecule has 1 aromatic rings. The van der Waals surface area contributed by atoms with Crippen LogP contribution in [0.5, 0.6) is 0 Å². The van der Waals surface area contributed by atoms with Gasteiger partial charge in [0.15, 0.2) is 5.13 Å². The first-order valence-electron chi connectivity index (χ1n) is 2.81. The van der Waals surface area contributed by atoms with E-state index >= 15 is 0 Å². The van der Waals surface area contributed by atoms with Crippen molar-refractivity contribution < 1.29 is 9.90 Å². The van der Waals surface area contributed by atoms with Crippen LogP contribution < -0.4 is 5.73 Å². The Morgan fingerprint density at radius 1 is 1.82 bits per heavy atom. The van der Waals surface area contributed by atoms with E-state index < -0.39 is 5.97 Å². The number of carbonyl (C=O) groups is 1. The topological polar surface area (TPSA) is 76.2 Å². The minimum atomic E-state index is -0.975. The van der Waals surface area contributed by atoms with Gasteiger partial charge >= 0.3 is 5.97 Å². The SMILES string of the molecule is Nc1ncc(/C=C/C(=O)O)s1. The Kier molecular flexibility index (Phi) is 2.22. The lowest BCUT2D eigenvalue weighted by atomic mass is 10.4. The number of nitrogen functional groups attached to an aromatic ring is 1. The number of anilines is 1. The third kappa shape index (κ3) is 2.38. The normalized spacial score (nSPS) is 10.5. The lowest BCUT2D eigenvalue weighted by molar-refractivity contribution is -0.131. The molecule has 0 aliphatic rings. The van der Waals surface area contributed by atoms with E-state index in [0.29, 0.717) is 5.13 Å². The summed E-state index contributed by atoms with van der Waals surface area (Å²) in [7, 11) is 0. The minimum absolute atomic E-state index is 0.440. The molecule has 1 heterocycles. The van der Waals surface area contributed by atoms with Crippen molar-refractivity contribution in [3.05, 3.63) is 17.2 Å². The van der Waals surface area contributed by atoms with Gasteiger partial charge in [-0.05, 0) is 6.08 Å². The van der Waals surface area contributed by atoms with E-state index in [0.717, 1.165) is 11.0 Å². The summed E-state index contributed by atoms with van der Waals surface area (Å²) in [5, 5.41) is 8.69. The summed E-state index contributed by atoms with van der Waals surface area (Å²) >= 11 is 1.25. The summed E-state index contributed by atoms with van der Waals surface area (Å²) < 4.78 is 0. The lowest BCUT2D eigenvalue weighted by Gasteiger charge is -1.78. The van der Waals surface area contributed by atoms with Crippen LogP contribution in [-0.4, -0.2) is 16.1 Å². The van der Waals surface area contributed by atoms with Crippen LogP contribution in [0.2, 0.25) is 0 Å². The molecule has 4 nitrogen and oxygen atoms in total. The number of carboxylic acids is 1. The van der Waals surface area contributed by atoms with Gasteiger partial charge in [0.1, 0.15) is 0 Å². The van der Waals surface area contributed by atoms with Crippen LogP contribution in [0.15, 0.2) is 12.3 Å². The summed E-state index contributed by atoms with van der Waals surface area (Å²) in [6, 6.07) is 0. The first-order chi connectivity index (χ1) is 5.18. The Labute approximate surface area is 67.0 Å². The molecule has 0 saturated heterocycles. The Bertz CT molecular complexity index is 293. The standard InChI is InChI=1S/C6H6N2O2S/c7-6-8-3-4(11-6)1-2-5(9)10/h1-3H,(H2,7,8)(H,9,10)/b2-1+. The number of rotatable bonds is 2. The van der Waals surface area contributed by atoms with Crippen LogP contribution in [0.3, 0.4) is 0 Å². The van der Waals surface area contributed by atoms with Crippen LogP contribution in [0.25, 0.3) is 6.08 Å². The van der Waals surface area contributed by atoms with Gasteiger partial charge in [-0.25, -0.2) is 9.78 Å². The van der Waals surface area contributed by atoms with E-state index in [1.165, 1.54) is 23.6 Å². The molecular weight excluding hydrogens is 164 g/mol. The molecule has 1 aromatic heterocycles. The van der Waals surface area contributed by atoms with Crippen LogP contribution in [0.4, 0.5) is 5.13 Å². The maximum absolute atomic E-state index is 10.0. The molecule has 0 spiro atoms. The van der Waals surface area contributed by atoms with Crippen LogP contribution in [0, 0.1) is 0 Å². The quantitative estimate of drug-likeness (QED) is 0.644. The van der Waals surface area contributed by atoms with Crippen molar-refractivity contribution in [3.8, 4) is 0 Å². The van der Waals surface area contributed by atoms with Gasteiger partial charge in [-0.15, -0.1) is 0 Å². The molecule has 0 bridgehead atoms. The molecule has 0 radical (unpaired) electrons. The number of aromatic nitrogens is 1. The smallest absolute Gasteiger partial charge is 0.328 e. The molecule has 11 heavy (non-hydrogen) atoms. The van der Waals surface area contributed by atoms with Crippen molar-refractivity contribution >= 4 is 28.5 Å². The van der Waals surface area contributed by atoms with Crippen molar-refractivity contribution in [2.75, 3.05) is 5.73 Å². The third-order valence-corrected chi connectivity index (χ3v) is 1.72. The van der Waals surface area contributed by atoms with Crippen LogP contribution in [-0.2, 0) is 4.79 Å². The summed E-state index contributed by atoms with van der Waals surface area (Å²) in [5.74, 6) is -0.975. The molecule has 5 heteroatoms. The molecule has 0 atom stereocenters. The largest absolute Gasteiger partial charge is 0.478 e. The molecule has 3 N–H and O–H groups in total. The molecule has 0 saturated carbocycles. The summed E-state index contributed by atoms with van der Waals surface area (Å²) in [5.41, 5.74) is 5.31. The monoisotopic (exact) mass is 170 g/mol. The van der Waals surface area contributed by atoms with E-state index in [-0.39, 0.29) is 0 Å². The minimum Gasteiger partial charge on any atom is -0.478 e. The molecule has 0 unspecified atom stereocenters. The number of carboxylic acid groups (broad SMARTS) is 1. The fraction of sp³-hybridized carbons (Fsp3) is 0. The first-order valence-corrected chi connectivity index (χ1v) is 3.62. The number of thiazole rings is 1. The zero-order valence-electron chi connectivity index (χ0n) is 5.52. The van der Waals surface area contributed by atoms with Crippen molar-refractivity contribution in [2.24, 2.45) is 0 Å². The molecule has 0 aliphatic carbocycles. The predicted octanol–water partition coefficient (Wildman–Crippen LogP) is 0.823. The average molecular weight is 170 g/mol. The van der Waals surface area contributed by atoms with Gasteiger partial charge in [0, 0.05) is 17.2 Å². The highest BCUT2D eigenvalue weighted by Gasteiger charge is 1.93. The molecule has 0 amide bonds. The van der Waals surface area contributed by atoms with E-state index in [1.807, 2.05) is 0 Å². The Morgan fingerprint density at radius 3 is 3.00 bits per heavy atom. The van der Waals surface area contributed by atoms with Gasteiger partial charge in [0.25, 0.3) is 0 Å². The van der Waals surface area contributed by atoms with Gasteiger partial charge < -0.3 is 10.8 Å². The zero-order chi connectivity index (χ0) is 8.27. The fourth-order valence-corrected chi connectivity index (χ4v) is 1.12. The molecule has 0 fully saturated rings. The number of hydrogen-bond donors (Lipinski definition) is 2. The molecule has 58 valence electrons. The highest BCUT2D eigenvalue weighted by molar-refractivity contribution is 7.16. The number of aliphatic carboxylic acids is 1. The second-order valence-corrected chi connectivity index (χ2v) is 2.87. The predicted molar refractivity (Wildman–Crippen MR) is 43.2 cm³/mol. The first kappa shape index (κ1) is 7.74. The molecular formula is C6H6N2O2S. The Balaban J connectivity index is 2.71. The highest BCUT2D eigenvalue weighted by atomic mass is 32.1. The lowest BCUT2D eigenvalue weighted by Crippen LogP contribution is -1.84.